The number of amides is 2. The van der Waals surface area contributed by atoms with Gasteiger partial charge in [-0.05, 0) is 42.8 Å². The van der Waals surface area contributed by atoms with Crippen LogP contribution in [0.3, 0.4) is 0 Å². The second-order valence-electron chi connectivity index (χ2n) is 7.17. The molecule has 0 radical (unpaired) electrons. The smallest absolute Gasteiger partial charge is 0.294 e. The lowest BCUT2D eigenvalue weighted by Crippen LogP contribution is -2.51. The molecule has 0 saturated heterocycles. The predicted molar refractivity (Wildman–Crippen MR) is 113 cm³/mol. The van der Waals surface area contributed by atoms with Crippen LogP contribution in [0.5, 0.6) is 0 Å². The average Bonchev–Trinajstić information content (AvgIpc) is 3.26. The van der Waals surface area contributed by atoms with Gasteiger partial charge >= 0.3 is 0 Å². The Morgan fingerprint density at radius 1 is 1.07 bits per heavy atom. The SMILES string of the molecule is CC(=O)N1c2ccc(NCc3ccccc3)cc2N(C(=O)c2ccco2)C[C@@H]1C. The van der Waals surface area contributed by atoms with Gasteiger partial charge in [0, 0.05) is 25.7 Å². The number of nitrogens with zero attached hydrogens (tertiary/aromatic N) is 2. The third-order valence-corrected chi connectivity index (χ3v) is 5.07. The molecule has 6 nitrogen and oxygen atoms in total. The summed E-state index contributed by atoms with van der Waals surface area (Å²) < 4.78 is 5.32. The number of hydrogen-bond donors (Lipinski definition) is 1. The molecule has 1 aliphatic rings. The van der Waals surface area contributed by atoms with Crippen molar-refractivity contribution < 1.29 is 14.0 Å². The van der Waals surface area contributed by atoms with Crippen LogP contribution in [0.1, 0.15) is 30.0 Å². The Morgan fingerprint density at radius 2 is 1.86 bits per heavy atom. The molecule has 1 N–H and O–H groups in total. The number of benzene rings is 2. The van der Waals surface area contributed by atoms with Crippen LogP contribution in [0.25, 0.3) is 0 Å². The van der Waals surface area contributed by atoms with Gasteiger partial charge in [0.05, 0.1) is 23.7 Å². The summed E-state index contributed by atoms with van der Waals surface area (Å²) >= 11 is 0. The predicted octanol–water partition coefficient (Wildman–Crippen LogP) is 4.29. The Labute approximate surface area is 169 Å². The summed E-state index contributed by atoms with van der Waals surface area (Å²) in [6, 6.07) is 19.0. The van der Waals surface area contributed by atoms with Gasteiger partial charge in [0.15, 0.2) is 5.76 Å². The van der Waals surface area contributed by atoms with Crippen LogP contribution >= 0.6 is 0 Å². The van der Waals surface area contributed by atoms with E-state index in [0.717, 1.165) is 16.9 Å². The summed E-state index contributed by atoms with van der Waals surface area (Å²) in [5.74, 6) is 0.0161. The topological polar surface area (TPSA) is 65.8 Å². The number of nitrogens with one attached hydrogen (secondary N) is 1. The lowest BCUT2D eigenvalue weighted by Gasteiger charge is -2.40. The van der Waals surface area contributed by atoms with Gasteiger partial charge in [0.2, 0.25) is 5.91 Å². The molecule has 2 heterocycles. The number of carbonyl (C=O) groups is 2. The Morgan fingerprint density at radius 3 is 2.55 bits per heavy atom. The van der Waals surface area contributed by atoms with E-state index in [9.17, 15) is 9.59 Å². The Kier molecular flexibility index (Phi) is 5.08. The van der Waals surface area contributed by atoms with Crippen molar-refractivity contribution in [3.63, 3.8) is 0 Å². The summed E-state index contributed by atoms with van der Waals surface area (Å²) in [5.41, 5.74) is 3.45. The minimum Gasteiger partial charge on any atom is -0.459 e. The highest BCUT2D eigenvalue weighted by Crippen LogP contribution is 2.38. The van der Waals surface area contributed by atoms with E-state index in [2.05, 4.69) is 17.4 Å². The third kappa shape index (κ3) is 3.74. The molecule has 0 unspecified atom stereocenters. The van der Waals surface area contributed by atoms with Crippen LogP contribution < -0.4 is 15.1 Å². The van der Waals surface area contributed by atoms with Gasteiger partial charge in [0.25, 0.3) is 5.91 Å². The van der Waals surface area contributed by atoms with E-state index in [1.54, 1.807) is 28.9 Å². The highest BCUT2D eigenvalue weighted by atomic mass is 16.3. The molecular formula is C23H23N3O3. The number of anilines is 3. The lowest BCUT2D eigenvalue weighted by atomic mass is 10.1. The van der Waals surface area contributed by atoms with Gasteiger partial charge in [-0.1, -0.05) is 30.3 Å². The largest absolute Gasteiger partial charge is 0.459 e. The fourth-order valence-corrected chi connectivity index (χ4v) is 3.74. The minimum atomic E-state index is -0.216. The second kappa shape index (κ2) is 7.83. The maximum atomic E-state index is 13.0. The van der Waals surface area contributed by atoms with Crippen molar-refractivity contribution in [3.8, 4) is 0 Å². The van der Waals surface area contributed by atoms with Gasteiger partial charge in [-0.25, -0.2) is 0 Å². The van der Waals surface area contributed by atoms with Crippen LogP contribution in [-0.4, -0.2) is 24.4 Å². The molecule has 4 rings (SSSR count). The maximum Gasteiger partial charge on any atom is 0.294 e. The van der Waals surface area contributed by atoms with E-state index in [1.165, 1.54) is 6.26 Å². The Bertz CT molecular complexity index is 1020. The highest BCUT2D eigenvalue weighted by molar-refractivity contribution is 6.09. The summed E-state index contributed by atoms with van der Waals surface area (Å²) in [6.07, 6.45) is 1.49. The molecule has 0 spiro atoms. The van der Waals surface area contributed by atoms with E-state index in [0.29, 0.717) is 18.8 Å². The van der Waals surface area contributed by atoms with Crippen LogP contribution in [0, 0.1) is 0 Å². The number of rotatable bonds is 4. The van der Waals surface area contributed by atoms with Crippen LogP contribution in [-0.2, 0) is 11.3 Å². The normalized spacial score (nSPS) is 15.7. The molecule has 1 aliphatic heterocycles. The molecule has 29 heavy (non-hydrogen) atoms. The van der Waals surface area contributed by atoms with Crippen molar-refractivity contribution in [2.45, 2.75) is 26.4 Å². The summed E-state index contributed by atoms with van der Waals surface area (Å²) in [5, 5.41) is 3.40. The van der Waals surface area contributed by atoms with E-state index in [1.807, 2.05) is 43.3 Å². The van der Waals surface area contributed by atoms with Crippen LogP contribution in [0.15, 0.2) is 71.3 Å². The molecule has 6 heteroatoms. The zero-order valence-corrected chi connectivity index (χ0v) is 16.5. The Balaban J connectivity index is 1.68. The summed E-state index contributed by atoms with van der Waals surface area (Å²) in [6.45, 7) is 4.55. The molecular weight excluding hydrogens is 366 g/mol. The maximum absolute atomic E-state index is 13.0. The average molecular weight is 389 g/mol. The van der Waals surface area contributed by atoms with E-state index < -0.39 is 0 Å². The van der Waals surface area contributed by atoms with Crippen molar-refractivity contribution in [2.24, 2.45) is 0 Å². The standard InChI is InChI=1S/C23H23N3O3/c1-16-15-25(23(28)22-9-6-12-29-22)21-13-19(10-11-20(21)26(16)17(2)27)24-14-18-7-4-3-5-8-18/h3-13,16,24H,14-15H2,1-2H3/t16-/m0/s1. The minimum absolute atomic E-state index is 0.0474. The van der Waals surface area contributed by atoms with Gasteiger partial charge in [0.1, 0.15) is 0 Å². The first-order valence-corrected chi connectivity index (χ1v) is 9.61. The monoisotopic (exact) mass is 389 g/mol. The van der Waals surface area contributed by atoms with E-state index in [-0.39, 0.29) is 23.6 Å². The first-order valence-electron chi connectivity index (χ1n) is 9.61. The van der Waals surface area contributed by atoms with Gasteiger partial charge in [-0.15, -0.1) is 0 Å². The molecule has 2 amide bonds. The first kappa shape index (κ1) is 18.8. The van der Waals surface area contributed by atoms with Crippen molar-refractivity contribution in [1.29, 1.82) is 0 Å². The van der Waals surface area contributed by atoms with Crippen LogP contribution in [0.2, 0.25) is 0 Å². The highest BCUT2D eigenvalue weighted by Gasteiger charge is 2.34. The quantitative estimate of drug-likeness (QED) is 0.723. The number of hydrogen-bond acceptors (Lipinski definition) is 4. The van der Waals surface area contributed by atoms with Gasteiger partial charge in [-0.2, -0.15) is 0 Å². The molecule has 148 valence electrons. The fourth-order valence-electron chi connectivity index (χ4n) is 3.74. The van der Waals surface area contributed by atoms with Crippen molar-refractivity contribution >= 4 is 28.9 Å². The van der Waals surface area contributed by atoms with Gasteiger partial charge < -0.3 is 19.5 Å². The molecule has 0 saturated carbocycles. The number of carbonyl (C=O) groups excluding carboxylic acids is 2. The number of fused-ring (bicyclic) bond motifs is 1. The lowest BCUT2D eigenvalue weighted by molar-refractivity contribution is -0.117. The van der Waals surface area contributed by atoms with E-state index >= 15 is 0 Å². The van der Waals surface area contributed by atoms with E-state index in [4.69, 9.17) is 4.42 Å². The van der Waals surface area contributed by atoms with Crippen molar-refractivity contribution in [3.05, 3.63) is 78.3 Å². The number of furan rings is 1. The first-order chi connectivity index (χ1) is 14.0. The molecule has 0 fully saturated rings. The zero-order valence-electron chi connectivity index (χ0n) is 16.5. The Hall–Kier alpha value is -3.54. The van der Waals surface area contributed by atoms with Gasteiger partial charge in [-0.3, -0.25) is 9.59 Å². The molecule has 1 aromatic heterocycles. The van der Waals surface area contributed by atoms with Crippen molar-refractivity contribution in [1.82, 2.24) is 0 Å². The molecule has 0 bridgehead atoms. The summed E-state index contributed by atoms with van der Waals surface area (Å²) in [7, 11) is 0. The molecule has 3 aromatic rings. The zero-order chi connectivity index (χ0) is 20.4. The fraction of sp³-hybridized carbons (Fsp3) is 0.217. The second-order valence-corrected chi connectivity index (χ2v) is 7.17. The summed E-state index contributed by atoms with van der Waals surface area (Å²) in [4.78, 5) is 28.7. The molecule has 2 aromatic carbocycles. The van der Waals surface area contributed by atoms with Crippen LogP contribution in [0.4, 0.5) is 17.1 Å². The molecule has 0 aliphatic carbocycles. The third-order valence-electron chi connectivity index (χ3n) is 5.07. The molecule has 1 atom stereocenters. The van der Waals surface area contributed by atoms with Crippen molar-refractivity contribution in [2.75, 3.05) is 21.7 Å².